The Morgan fingerprint density at radius 2 is 2.43 bits per heavy atom. The molecule has 78 valence electrons. The summed E-state index contributed by atoms with van der Waals surface area (Å²) >= 11 is 0. The molecule has 0 aliphatic carbocycles. The highest BCUT2D eigenvalue weighted by Gasteiger charge is 2.71. The average molecular weight is 198 g/mol. The van der Waals surface area contributed by atoms with Gasteiger partial charge in [0.2, 0.25) is 0 Å². The van der Waals surface area contributed by atoms with E-state index in [2.05, 4.69) is 0 Å². The molecule has 0 radical (unpaired) electrons. The normalized spacial score (nSPS) is 54.9. The summed E-state index contributed by atoms with van der Waals surface area (Å²) in [6, 6.07) is 0. The number of aliphatic hydroxyl groups excluding tert-OH is 1. The van der Waals surface area contributed by atoms with Crippen molar-refractivity contribution in [2.45, 2.75) is 31.5 Å². The summed E-state index contributed by atoms with van der Waals surface area (Å²) in [4.78, 5) is 11.6. The summed E-state index contributed by atoms with van der Waals surface area (Å²) in [5, 5.41) is 9.40. The Hall–Kier alpha value is -0.610. The van der Waals surface area contributed by atoms with Crippen molar-refractivity contribution in [2.24, 2.45) is 11.3 Å². The third-order valence-electron chi connectivity index (χ3n) is 4.32. The van der Waals surface area contributed by atoms with Crippen molar-refractivity contribution in [3.05, 3.63) is 0 Å². The molecule has 0 aromatic rings. The molecule has 3 aliphatic heterocycles. The number of esters is 1. The molecule has 4 heteroatoms. The largest absolute Gasteiger partial charge is 0.465 e. The Morgan fingerprint density at radius 1 is 1.64 bits per heavy atom. The Labute approximate surface area is 82.2 Å². The van der Waals surface area contributed by atoms with Gasteiger partial charge in [0, 0.05) is 5.92 Å². The van der Waals surface area contributed by atoms with E-state index in [1.54, 1.807) is 0 Å². The first-order valence-corrected chi connectivity index (χ1v) is 5.09. The summed E-state index contributed by atoms with van der Waals surface area (Å²) in [6.07, 6.45) is 1.67. The summed E-state index contributed by atoms with van der Waals surface area (Å²) in [7, 11) is 0. The number of aliphatic hydroxyl groups is 1. The number of hydrogen-bond acceptors (Lipinski definition) is 4. The first kappa shape index (κ1) is 8.68. The van der Waals surface area contributed by atoms with E-state index in [9.17, 15) is 9.90 Å². The fourth-order valence-corrected chi connectivity index (χ4v) is 3.37. The van der Waals surface area contributed by atoms with Crippen LogP contribution in [-0.4, -0.2) is 36.0 Å². The third-order valence-corrected chi connectivity index (χ3v) is 4.32. The lowest BCUT2D eigenvalue weighted by atomic mass is 9.64. The van der Waals surface area contributed by atoms with E-state index in [0.717, 1.165) is 12.8 Å². The SMILES string of the molecule is CC12C(=O)OCC1C1(CO)CCC2O1. The molecular weight excluding hydrogens is 184 g/mol. The lowest BCUT2D eigenvalue weighted by molar-refractivity contribution is -0.150. The molecule has 3 saturated heterocycles. The van der Waals surface area contributed by atoms with Gasteiger partial charge in [0.25, 0.3) is 0 Å². The zero-order valence-electron chi connectivity index (χ0n) is 8.16. The molecule has 1 N–H and O–H groups in total. The van der Waals surface area contributed by atoms with Gasteiger partial charge >= 0.3 is 5.97 Å². The molecule has 0 aromatic heterocycles. The van der Waals surface area contributed by atoms with Crippen LogP contribution in [0.4, 0.5) is 0 Å². The second-order valence-corrected chi connectivity index (χ2v) is 4.80. The van der Waals surface area contributed by atoms with Gasteiger partial charge in [-0.05, 0) is 19.8 Å². The monoisotopic (exact) mass is 198 g/mol. The maximum atomic E-state index is 11.6. The van der Waals surface area contributed by atoms with Crippen LogP contribution in [0.25, 0.3) is 0 Å². The van der Waals surface area contributed by atoms with Crippen LogP contribution in [0.5, 0.6) is 0 Å². The number of fused-ring (bicyclic) bond motifs is 5. The maximum Gasteiger partial charge on any atom is 0.314 e. The van der Waals surface area contributed by atoms with Gasteiger partial charge in [-0.1, -0.05) is 0 Å². The van der Waals surface area contributed by atoms with Crippen molar-refractivity contribution in [3.8, 4) is 0 Å². The fourth-order valence-electron chi connectivity index (χ4n) is 3.37. The molecular formula is C10H14O4. The highest BCUT2D eigenvalue weighted by Crippen LogP contribution is 2.60. The molecule has 0 aromatic carbocycles. The first-order valence-electron chi connectivity index (χ1n) is 5.09. The minimum absolute atomic E-state index is 0.000394. The molecule has 2 bridgehead atoms. The number of carbonyl (C=O) groups is 1. The molecule has 0 spiro atoms. The van der Waals surface area contributed by atoms with Crippen LogP contribution >= 0.6 is 0 Å². The fraction of sp³-hybridized carbons (Fsp3) is 0.900. The summed E-state index contributed by atoms with van der Waals surface area (Å²) in [5.74, 6) is -0.103. The lowest BCUT2D eigenvalue weighted by Gasteiger charge is -2.33. The summed E-state index contributed by atoms with van der Waals surface area (Å²) in [6.45, 7) is 2.32. The summed E-state index contributed by atoms with van der Waals surface area (Å²) in [5.41, 5.74) is -0.993. The van der Waals surface area contributed by atoms with E-state index in [1.165, 1.54) is 0 Å². The molecule has 3 heterocycles. The molecule has 3 fully saturated rings. The number of hydrogen-bond donors (Lipinski definition) is 1. The molecule has 3 aliphatic rings. The Bertz CT molecular complexity index is 302. The number of carbonyl (C=O) groups excluding carboxylic acids is 1. The van der Waals surface area contributed by atoms with Crippen LogP contribution in [0.3, 0.4) is 0 Å². The standard InChI is InChI=1S/C10H14O4/c1-9-6(4-13-8(9)12)10(5-11)3-2-7(9)14-10/h6-7,11H,2-5H2,1H3. The minimum atomic E-state index is -0.499. The molecule has 3 rings (SSSR count). The van der Waals surface area contributed by atoms with Crippen molar-refractivity contribution in [1.82, 2.24) is 0 Å². The second kappa shape index (κ2) is 2.31. The van der Waals surface area contributed by atoms with E-state index in [4.69, 9.17) is 9.47 Å². The van der Waals surface area contributed by atoms with Crippen molar-refractivity contribution in [3.63, 3.8) is 0 Å². The Balaban J connectivity index is 2.07. The first-order chi connectivity index (χ1) is 6.63. The Kier molecular flexibility index (Phi) is 1.43. The van der Waals surface area contributed by atoms with E-state index < -0.39 is 11.0 Å². The minimum Gasteiger partial charge on any atom is -0.465 e. The van der Waals surface area contributed by atoms with Crippen molar-refractivity contribution < 1.29 is 19.4 Å². The van der Waals surface area contributed by atoms with E-state index >= 15 is 0 Å². The van der Waals surface area contributed by atoms with Gasteiger partial charge in [0.05, 0.1) is 24.9 Å². The topological polar surface area (TPSA) is 55.8 Å². The van der Waals surface area contributed by atoms with Gasteiger partial charge in [-0.15, -0.1) is 0 Å². The second-order valence-electron chi connectivity index (χ2n) is 4.80. The third kappa shape index (κ3) is 0.684. The van der Waals surface area contributed by atoms with E-state index in [0.29, 0.717) is 6.61 Å². The van der Waals surface area contributed by atoms with Crippen molar-refractivity contribution in [2.75, 3.05) is 13.2 Å². The predicted molar refractivity (Wildman–Crippen MR) is 46.5 cm³/mol. The van der Waals surface area contributed by atoms with Gasteiger partial charge < -0.3 is 14.6 Å². The maximum absolute atomic E-state index is 11.6. The summed E-state index contributed by atoms with van der Waals surface area (Å²) < 4.78 is 10.9. The molecule has 4 unspecified atom stereocenters. The molecule has 0 saturated carbocycles. The zero-order chi connectivity index (χ0) is 9.97. The van der Waals surface area contributed by atoms with E-state index in [1.807, 2.05) is 6.92 Å². The van der Waals surface area contributed by atoms with Gasteiger partial charge in [-0.25, -0.2) is 0 Å². The van der Waals surface area contributed by atoms with Gasteiger partial charge in [0.15, 0.2) is 0 Å². The van der Waals surface area contributed by atoms with Gasteiger partial charge in [0.1, 0.15) is 5.41 Å². The number of ether oxygens (including phenoxy) is 2. The van der Waals surface area contributed by atoms with Crippen LogP contribution in [0, 0.1) is 11.3 Å². The predicted octanol–water partition coefficient (Wildman–Crippen LogP) is 0.0894. The average Bonchev–Trinajstić information content (AvgIpc) is 2.78. The Morgan fingerprint density at radius 3 is 3.14 bits per heavy atom. The quantitative estimate of drug-likeness (QED) is 0.607. The van der Waals surface area contributed by atoms with Crippen LogP contribution in [-0.2, 0) is 14.3 Å². The highest BCUT2D eigenvalue weighted by atomic mass is 16.6. The van der Waals surface area contributed by atoms with Gasteiger partial charge in [-0.2, -0.15) is 0 Å². The number of rotatable bonds is 1. The lowest BCUT2D eigenvalue weighted by Crippen LogP contribution is -2.46. The zero-order valence-corrected chi connectivity index (χ0v) is 8.16. The van der Waals surface area contributed by atoms with E-state index in [-0.39, 0.29) is 24.6 Å². The molecule has 0 amide bonds. The molecule has 4 atom stereocenters. The van der Waals surface area contributed by atoms with Crippen molar-refractivity contribution >= 4 is 5.97 Å². The van der Waals surface area contributed by atoms with Crippen LogP contribution in [0.1, 0.15) is 19.8 Å². The smallest absolute Gasteiger partial charge is 0.314 e. The number of cyclic esters (lactones) is 1. The van der Waals surface area contributed by atoms with Gasteiger partial charge in [-0.3, -0.25) is 4.79 Å². The van der Waals surface area contributed by atoms with Crippen LogP contribution in [0.2, 0.25) is 0 Å². The molecule has 4 nitrogen and oxygen atoms in total. The van der Waals surface area contributed by atoms with Crippen molar-refractivity contribution in [1.29, 1.82) is 0 Å². The highest BCUT2D eigenvalue weighted by molar-refractivity contribution is 5.80. The van der Waals surface area contributed by atoms with Crippen LogP contribution < -0.4 is 0 Å². The molecule has 14 heavy (non-hydrogen) atoms. The van der Waals surface area contributed by atoms with Crippen LogP contribution in [0.15, 0.2) is 0 Å².